The first-order chi connectivity index (χ1) is 11.9. The molecular formula is C18H18F2N2O3. The van der Waals surface area contributed by atoms with Crippen molar-refractivity contribution in [3.63, 3.8) is 0 Å². The maximum atomic E-state index is 13.5. The van der Waals surface area contributed by atoms with Crippen molar-refractivity contribution >= 4 is 17.5 Å². The second-order valence-electron chi connectivity index (χ2n) is 5.55. The summed E-state index contributed by atoms with van der Waals surface area (Å²) in [4.78, 5) is 23.6. The highest BCUT2D eigenvalue weighted by Crippen LogP contribution is 2.23. The number of hydrogen-bond acceptors (Lipinski definition) is 3. The maximum Gasteiger partial charge on any atom is 0.254 e. The average molecular weight is 348 g/mol. The first-order valence-corrected chi connectivity index (χ1v) is 7.69. The molecule has 0 aromatic heterocycles. The van der Waals surface area contributed by atoms with Gasteiger partial charge in [-0.1, -0.05) is 6.07 Å². The molecule has 0 heterocycles. The van der Waals surface area contributed by atoms with E-state index in [1.54, 1.807) is 12.1 Å². The number of halogens is 2. The number of benzene rings is 2. The molecule has 0 bridgehead atoms. The van der Waals surface area contributed by atoms with E-state index in [1.807, 2.05) is 6.92 Å². The second kappa shape index (κ2) is 8.23. The molecule has 0 fully saturated rings. The molecule has 0 aliphatic rings. The summed E-state index contributed by atoms with van der Waals surface area (Å²) >= 11 is 0. The summed E-state index contributed by atoms with van der Waals surface area (Å²) < 4.78 is 26.3. The lowest BCUT2D eigenvalue weighted by molar-refractivity contribution is -0.116. The largest absolute Gasteiger partial charge is 0.506 e. The van der Waals surface area contributed by atoms with Gasteiger partial charge in [0.1, 0.15) is 17.4 Å². The Morgan fingerprint density at radius 3 is 2.56 bits per heavy atom. The number of phenols is 1. The highest BCUT2D eigenvalue weighted by atomic mass is 19.1. The molecule has 0 aliphatic carbocycles. The predicted octanol–water partition coefficient (Wildman–Crippen LogP) is 3.13. The molecule has 132 valence electrons. The Balaban J connectivity index is 1.76. The lowest BCUT2D eigenvalue weighted by Crippen LogP contribution is -2.26. The summed E-state index contributed by atoms with van der Waals surface area (Å²) in [6.45, 7) is 1.97. The Bertz CT molecular complexity index is 794. The molecule has 2 rings (SSSR count). The second-order valence-corrected chi connectivity index (χ2v) is 5.55. The van der Waals surface area contributed by atoms with Crippen LogP contribution in [-0.4, -0.2) is 23.5 Å². The van der Waals surface area contributed by atoms with E-state index in [2.05, 4.69) is 10.6 Å². The third kappa shape index (κ3) is 5.27. The smallest absolute Gasteiger partial charge is 0.254 e. The lowest BCUT2D eigenvalue weighted by atomic mass is 10.2. The van der Waals surface area contributed by atoms with E-state index in [-0.39, 0.29) is 30.2 Å². The number of hydrogen-bond donors (Lipinski definition) is 3. The van der Waals surface area contributed by atoms with Crippen LogP contribution in [0.1, 0.15) is 28.8 Å². The van der Waals surface area contributed by atoms with Gasteiger partial charge in [0.05, 0.1) is 11.3 Å². The first kappa shape index (κ1) is 18.4. The van der Waals surface area contributed by atoms with Gasteiger partial charge in [-0.2, -0.15) is 0 Å². The fraction of sp³-hybridized carbons (Fsp3) is 0.222. The number of aromatic hydroxyl groups is 1. The van der Waals surface area contributed by atoms with Crippen LogP contribution >= 0.6 is 0 Å². The van der Waals surface area contributed by atoms with Crippen molar-refractivity contribution in [2.75, 3.05) is 11.9 Å². The van der Waals surface area contributed by atoms with E-state index in [4.69, 9.17) is 0 Å². The summed E-state index contributed by atoms with van der Waals surface area (Å²) in [6, 6.07) is 7.59. The zero-order chi connectivity index (χ0) is 18.4. The molecule has 25 heavy (non-hydrogen) atoms. The molecule has 2 aromatic carbocycles. The summed E-state index contributed by atoms with van der Waals surface area (Å²) in [6.07, 6.45) is 0.437. The van der Waals surface area contributed by atoms with Crippen LogP contribution in [0.2, 0.25) is 0 Å². The van der Waals surface area contributed by atoms with Crippen molar-refractivity contribution in [2.45, 2.75) is 19.8 Å². The van der Waals surface area contributed by atoms with Crippen molar-refractivity contribution in [3.8, 4) is 5.75 Å². The van der Waals surface area contributed by atoms with Crippen LogP contribution in [0.25, 0.3) is 0 Å². The molecule has 0 atom stereocenters. The topological polar surface area (TPSA) is 78.4 Å². The van der Waals surface area contributed by atoms with Crippen LogP contribution in [0, 0.1) is 18.6 Å². The van der Waals surface area contributed by atoms with Crippen LogP contribution in [0.15, 0.2) is 36.4 Å². The number of rotatable bonds is 6. The normalized spacial score (nSPS) is 10.4. The standard InChI is InChI=1S/C18H18F2N2O3/c1-11-4-7-15(16(23)9-11)22-17(24)3-2-8-21-18(25)13-6-5-12(19)10-14(13)20/h4-7,9-10,23H,2-3,8H2,1H3,(H,21,25)(H,22,24). The Hall–Kier alpha value is -2.96. The SMILES string of the molecule is Cc1ccc(NC(=O)CCCNC(=O)c2ccc(F)cc2F)c(O)c1. The number of phenolic OH excluding ortho intramolecular Hbond substituents is 1. The summed E-state index contributed by atoms with van der Waals surface area (Å²) in [7, 11) is 0. The van der Waals surface area contributed by atoms with Gasteiger partial charge in [0.2, 0.25) is 5.91 Å². The minimum absolute atomic E-state index is 0.0200. The van der Waals surface area contributed by atoms with Crippen LogP contribution in [0.5, 0.6) is 5.75 Å². The van der Waals surface area contributed by atoms with E-state index >= 15 is 0 Å². The van der Waals surface area contributed by atoms with Gasteiger partial charge in [0, 0.05) is 19.0 Å². The third-order valence-corrected chi connectivity index (χ3v) is 3.47. The predicted molar refractivity (Wildman–Crippen MR) is 89.4 cm³/mol. The minimum atomic E-state index is -0.940. The molecule has 2 amide bonds. The highest BCUT2D eigenvalue weighted by Gasteiger charge is 2.12. The number of nitrogens with one attached hydrogen (secondary N) is 2. The van der Waals surface area contributed by atoms with Crippen molar-refractivity contribution in [3.05, 3.63) is 59.2 Å². The Kier molecular flexibility index (Phi) is 6.05. The maximum absolute atomic E-state index is 13.5. The third-order valence-electron chi connectivity index (χ3n) is 3.47. The van der Waals surface area contributed by atoms with Gasteiger partial charge >= 0.3 is 0 Å². The number of aryl methyl sites for hydroxylation is 1. The quantitative estimate of drug-likeness (QED) is 0.554. The van der Waals surface area contributed by atoms with Crippen LogP contribution in [0.4, 0.5) is 14.5 Å². The molecule has 3 N–H and O–H groups in total. The highest BCUT2D eigenvalue weighted by molar-refractivity contribution is 5.94. The molecule has 0 spiro atoms. The van der Waals surface area contributed by atoms with Crippen LogP contribution in [-0.2, 0) is 4.79 Å². The molecule has 0 saturated carbocycles. The Morgan fingerprint density at radius 2 is 1.88 bits per heavy atom. The van der Waals surface area contributed by atoms with Crippen molar-refractivity contribution in [1.82, 2.24) is 5.32 Å². The van der Waals surface area contributed by atoms with Gasteiger partial charge in [-0.15, -0.1) is 0 Å². The molecule has 0 unspecified atom stereocenters. The van der Waals surface area contributed by atoms with Crippen molar-refractivity contribution in [1.29, 1.82) is 0 Å². The number of carbonyl (C=O) groups excluding carboxylic acids is 2. The average Bonchev–Trinajstić information content (AvgIpc) is 2.54. The van der Waals surface area contributed by atoms with Crippen molar-refractivity contribution in [2.24, 2.45) is 0 Å². The van der Waals surface area contributed by atoms with Crippen molar-refractivity contribution < 1.29 is 23.5 Å². The molecule has 2 aromatic rings. The lowest BCUT2D eigenvalue weighted by Gasteiger charge is -2.09. The monoisotopic (exact) mass is 348 g/mol. The summed E-state index contributed by atoms with van der Waals surface area (Å²) in [5.74, 6) is -2.71. The Labute approximate surface area is 143 Å². The molecule has 7 heteroatoms. The zero-order valence-corrected chi connectivity index (χ0v) is 13.6. The minimum Gasteiger partial charge on any atom is -0.506 e. The first-order valence-electron chi connectivity index (χ1n) is 7.69. The van der Waals surface area contributed by atoms with Gasteiger partial charge < -0.3 is 15.7 Å². The molecule has 0 aliphatic heterocycles. The van der Waals surface area contributed by atoms with Gasteiger partial charge in [-0.25, -0.2) is 8.78 Å². The van der Waals surface area contributed by atoms with Gasteiger partial charge in [-0.3, -0.25) is 9.59 Å². The molecule has 5 nitrogen and oxygen atoms in total. The number of carbonyl (C=O) groups is 2. The molecule has 0 radical (unpaired) electrons. The Morgan fingerprint density at radius 1 is 1.12 bits per heavy atom. The van der Waals surface area contributed by atoms with E-state index in [9.17, 15) is 23.5 Å². The zero-order valence-electron chi connectivity index (χ0n) is 13.6. The van der Waals surface area contributed by atoms with Gasteiger partial charge in [-0.05, 0) is 43.2 Å². The van der Waals surface area contributed by atoms with Crippen LogP contribution < -0.4 is 10.6 Å². The number of amides is 2. The summed E-state index contributed by atoms with van der Waals surface area (Å²) in [5.41, 5.74) is 0.926. The summed E-state index contributed by atoms with van der Waals surface area (Å²) in [5, 5.41) is 14.8. The van der Waals surface area contributed by atoms with E-state index in [0.717, 1.165) is 17.7 Å². The number of anilines is 1. The van der Waals surface area contributed by atoms with Gasteiger partial charge in [0.25, 0.3) is 5.91 Å². The molecule has 0 saturated heterocycles. The fourth-order valence-electron chi connectivity index (χ4n) is 2.18. The fourth-order valence-corrected chi connectivity index (χ4v) is 2.18. The van der Waals surface area contributed by atoms with E-state index in [1.165, 1.54) is 6.07 Å². The van der Waals surface area contributed by atoms with E-state index < -0.39 is 17.5 Å². The molecular weight excluding hydrogens is 330 g/mol. The van der Waals surface area contributed by atoms with Gasteiger partial charge in [0.15, 0.2) is 0 Å². The van der Waals surface area contributed by atoms with E-state index in [0.29, 0.717) is 18.2 Å². The van der Waals surface area contributed by atoms with Crippen LogP contribution in [0.3, 0.4) is 0 Å².